The molecule has 0 saturated carbocycles. The van der Waals surface area contributed by atoms with Gasteiger partial charge in [-0.15, -0.1) is 11.8 Å². The maximum absolute atomic E-state index is 9.90. The number of thioether (sulfide) groups is 1. The van der Waals surface area contributed by atoms with Gasteiger partial charge in [-0.3, -0.25) is 0 Å². The van der Waals surface area contributed by atoms with Crippen LogP contribution in [-0.4, -0.2) is 21.4 Å². The Morgan fingerprint density at radius 1 is 1.78 bits per heavy atom. The van der Waals surface area contributed by atoms with Gasteiger partial charge in [0.1, 0.15) is 0 Å². The van der Waals surface area contributed by atoms with Crippen molar-refractivity contribution in [2.45, 2.75) is 24.0 Å². The molecule has 1 aliphatic rings. The fourth-order valence-corrected chi connectivity index (χ4v) is 1.16. The number of rotatable bonds is 1. The van der Waals surface area contributed by atoms with Crippen molar-refractivity contribution in [2.24, 2.45) is 0 Å². The highest BCUT2D eigenvalue weighted by atomic mass is 32.2. The fourth-order valence-electron chi connectivity index (χ4n) is 0.499. The van der Waals surface area contributed by atoms with Crippen LogP contribution in [-0.2, 0) is 4.74 Å². The summed E-state index contributed by atoms with van der Waals surface area (Å²) in [7, 11) is 0. The van der Waals surface area contributed by atoms with E-state index < -0.39 is 6.16 Å². The molecule has 0 spiro atoms. The number of ether oxygens (including phenoxy) is 1. The van der Waals surface area contributed by atoms with E-state index in [9.17, 15) is 4.79 Å². The predicted molar refractivity (Wildman–Crippen MR) is 34.6 cm³/mol. The maximum Gasteiger partial charge on any atom is 0.506 e. The monoisotopic (exact) mass is 148 g/mol. The lowest BCUT2D eigenvalue weighted by Gasteiger charge is -1.97. The summed E-state index contributed by atoms with van der Waals surface area (Å²) in [6.45, 7) is 3.90. The van der Waals surface area contributed by atoms with Crippen molar-refractivity contribution >= 4 is 17.9 Å². The van der Waals surface area contributed by atoms with Crippen LogP contribution in [0.2, 0.25) is 0 Å². The first-order valence-corrected chi connectivity index (χ1v) is 3.48. The van der Waals surface area contributed by atoms with Gasteiger partial charge in [0.2, 0.25) is 0 Å². The molecule has 0 unspecified atom stereocenters. The quantitative estimate of drug-likeness (QED) is 0.452. The van der Waals surface area contributed by atoms with Crippen molar-refractivity contribution in [2.75, 3.05) is 0 Å². The summed E-state index contributed by atoms with van der Waals surface area (Å²) >= 11 is 1.52. The molecule has 0 aromatic rings. The zero-order valence-corrected chi connectivity index (χ0v) is 6.07. The lowest BCUT2D eigenvalue weighted by Crippen LogP contribution is -2.10. The number of hydrogen-bond donors (Lipinski definition) is 1. The Balaban J connectivity index is 2.28. The van der Waals surface area contributed by atoms with Gasteiger partial charge in [-0.2, -0.15) is 0 Å². The summed E-state index contributed by atoms with van der Waals surface area (Å²) in [5.41, 5.74) is -0.144. The van der Waals surface area contributed by atoms with Crippen LogP contribution in [0.25, 0.3) is 0 Å². The highest BCUT2D eigenvalue weighted by Crippen LogP contribution is 2.53. The lowest BCUT2D eigenvalue weighted by molar-refractivity contribution is 0.0853. The molecule has 0 aromatic heterocycles. The Morgan fingerprint density at radius 2 is 2.22 bits per heavy atom. The van der Waals surface area contributed by atoms with Gasteiger partial charge in [-0.05, 0) is 13.8 Å². The Labute approximate surface area is 57.4 Å². The fraction of sp³-hybridized carbons (Fsp3) is 0.800. The second kappa shape index (κ2) is 1.80. The van der Waals surface area contributed by atoms with Crippen molar-refractivity contribution in [3.8, 4) is 0 Å². The van der Waals surface area contributed by atoms with E-state index in [4.69, 9.17) is 5.11 Å². The second-order valence-electron chi connectivity index (χ2n) is 2.44. The molecule has 0 aromatic carbocycles. The molecule has 0 aliphatic carbocycles. The number of carbonyl (C=O) groups is 1. The average molecular weight is 148 g/mol. The van der Waals surface area contributed by atoms with Crippen LogP contribution in [0.15, 0.2) is 0 Å². The Bertz CT molecular complexity index is 143. The molecule has 4 heteroatoms. The molecule has 0 amide bonds. The molecular weight excluding hydrogens is 140 g/mol. The summed E-state index contributed by atoms with van der Waals surface area (Å²) < 4.78 is 4.47. The molecule has 1 saturated heterocycles. The van der Waals surface area contributed by atoms with Gasteiger partial charge in [0.05, 0.1) is 4.75 Å². The standard InChI is InChI=1S/C5H8O3S/c1-5(2)3(9-5)8-4(6)7/h3H,1-2H3,(H,6,7)/t3-/m1/s1. The Kier molecular flexibility index (Phi) is 1.35. The highest BCUT2D eigenvalue weighted by molar-refractivity contribution is 8.08. The van der Waals surface area contributed by atoms with E-state index in [-0.39, 0.29) is 10.2 Å². The summed E-state index contributed by atoms with van der Waals surface area (Å²) in [5, 5.41) is 8.12. The minimum Gasteiger partial charge on any atom is -0.450 e. The van der Waals surface area contributed by atoms with Crippen molar-refractivity contribution in [1.82, 2.24) is 0 Å². The van der Waals surface area contributed by atoms with Crippen molar-refractivity contribution < 1.29 is 14.6 Å². The molecule has 9 heavy (non-hydrogen) atoms. The molecular formula is C5H8O3S. The normalized spacial score (nSPS) is 29.3. The maximum atomic E-state index is 9.90. The van der Waals surface area contributed by atoms with Crippen molar-refractivity contribution in [3.63, 3.8) is 0 Å². The number of hydrogen-bond acceptors (Lipinski definition) is 3. The van der Waals surface area contributed by atoms with Gasteiger partial charge >= 0.3 is 6.16 Å². The third-order valence-electron chi connectivity index (χ3n) is 1.13. The van der Waals surface area contributed by atoms with E-state index in [1.807, 2.05) is 13.8 Å². The van der Waals surface area contributed by atoms with E-state index in [2.05, 4.69) is 4.74 Å². The summed E-state index contributed by atoms with van der Waals surface area (Å²) in [6, 6.07) is 0. The molecule has 0 bridgehead atoms. The SMILES string of the molecule is CC1(C)S[C@H]1OC(=O)O. The molecule has 0 radical (unpaired) electrons. The van der Waals surface area contributed by atoms with Gasteiger partial charge in [0.15, 0.2) is 5.44 Å². The van der Waals surface area contributed by atoms with Crippen molar-refractivity contribution in [1.29, 1.82) is 0 Å². The van der Waals surface area contributed by atoms with Crippen LogP contribution >= 0.6 is 11.8 Å². The summed E-state index contributed by atoms with van der Waals surface area (Å²) in [4.78, 5) is 9.90. The molecule has 1 heterocycles. The van der Waals surface area contributed by atoms with Crippen LogP contribution in [0.3, 0.4) is 0 Å². The van der Waals surface area contributed by atoms with Crippen LogP contribution in [0, 0.1) is 0 Å². The van der Waals surface area contributed by atoms with E-state index >= 15 is 0 Å². The zero-order valence-electron chi connectivity index (χ0n) is 5.25. The van der Waals surface area contributed by atoms with E-state index in [1.54, 1.807) is 0 Å². The van der Waals surface area contributed by atoms with Crippen molar-refractivity contribution in [3.05, 3.63) is 0 Å². The molecule has 3 nitrogen and oxygen atoms in total. The van der Waals surface area contributed by atoms with Gasteiger partial charge in [-0.1, -0.05) is 0 Å². The molecule has 1 rings (SSSR count). The van der Waals surface area contributed by atoms with Crippen LogP contribution in [0.4, 0.5) is 4.79 Å². The Morgan fingerprint density at radius 3 is 2.33 bits per heavy atom. The van der Waals surface area contributed by atoms with Crippen LogP contribution < -0.4 is 0 Å². The van der Waals surface area contributed by atoms with Crippen LogP contribution in [0.5, 0.6) is 0 Å². The second-order valence-corrected chi connectivity index (χ2v) is 4.15. The first-order valence-electron chi connectivity index (χ1n) is 2.60. The summed E-state index contributed by atoms with van der Waals surface area (Å²) in [6.07, 6.45) is -1.18. The minimum atomic E-state index is -1.18. The van der Waals surface area contributed by atoms with E-state index in [1.165, 1.54) is 11.8 Å². The predicted octanol–water partition coefficient (Wildman–Crippen LogP) is 1.53. The smallest absolute Gasteiger partial charge is 0.450 e. The molecule has 1 N–H and O–H groups in total. The lowest BCUT2D eigenvalue weighted by atomic mass is 10.2. The largest absolute Gasteiger partial charge is 0.506 e. The van der Waals surface area contributed by atoms with Gasteiger partial charge in [0, 0.05) is 0 Å². The van der Waals surface area contributed by atoms with Gasteiger partial charge in [0.25, 0.3) is 0 Å². The average Bonchev–Trinajstić information content (AvgIpc) is 2.10. The molecule has 1 aliphatic heterocycles. The third-order valence-corrected chi connectivity index (χ3v) is 2.60. The zero-order chi connectivity index (χ0) is 7.07. The minimum absolute atomic E-state index is 0.0123. The third kappa shape index (κ3) is 1.51. The first-order chi connectivity index (χ1) is 4.02. The van der Waals surface area contributed by atoms with Gasteiger partial charge in [-0.25, -0.2) is 4.79 Å². The van der Waals surface area contributed by atoms with E-state index in [0.29, 0.717) is 0 Å². The van der Waals surface area contributed by atoms with Gasteiger partial charge < -0.3 is 9.84 Å². The molecule has 52 valence electrons. The first kappa shape index (κ1) is 6.74. The topological polar surface area (TPSA) is 46.5 Å². The van der Waals surface area contributed by atoms with Crippen LogP contribution in [0.1, 0.15) is 13.8 Å². The number of carboxylic acid groups (broad SMARTS) is 1. The molecule has 1 fully saturated rings. The molecule has 1 atom stereocenters. The Hall–Kier alpha value is -0.380. The summed E-state index contributed by atoms with van der Waals surface area (Å²) in [5.74, 6) is 0. The highest BCUT2D eigenvalue weighted by Gasteiger charge is 2.50. The van der Waals surface area contributed by atoms with E-state index in [0.717, 1.165) is 0 Å².